The molecule has 0 radical (unpaired) electrons. The van der Waals surface area contributed by atoms with Gasteiger partial charge in [0.1, 0.15) is 5.82 Å². The van der Waals surface area contributed by atoms with Crippen LogP contribution in [-0.2, 0) is 0 Å². The molecule has 4 N–H and O–H groups in total. The molecule has 0 aliphatic heterocycles. The summed E-state index contributed by atoms with van der Waals surface area (Å²) in [4.78, 5) is 0. The van der Waals surface area contributed by atoms with Gasteiger partial charge in [0.25, 0.3) is 0 Å². The lowest BCUT2D eigenvalue weighted by Gasteiger charge is -2.08. The molecule has 0 saturated carbocycles. The van der Waals surface area contributed by atoms with Crippen LogP contribution in [0.3, 0.4) is 0 Å². The Kier molecular flexibility index (Phi) is 4.56. The van der Waals surface area contributed by atoms with Crippen LogP contribution in [-0.4, -0.2) is 11.7 Å². The molecule has 0 fully saturated rings. The molecule has 0 atom stereocenters. The van der Waals surface area contributed by atoms with Crippen molar-refractivity contribution in [3.8, 4) is 0 Å². The van der Waals surface area contributed by atoms with Crippen molar-refractivity contribution in [1.82, 2.24) is 0 Å². The second-order valence-corrected chi connectivity index (χ2v) is 5.17. The smallest absolute Gasteiger partial charge is 0.156 e. The lowest BCUT2D eigenvalue weighted by molar-refractivity contribution is 0.623. The van der Waals surface area contributed by atoms with Gasteiger partial charge in [0.15, 0.2) is 11.7 Å². The highest BCUT2D eigenvalue weighted by Crippen LogP contribution is 2.14. The Balaban J connectivity index is 2.41. The predicted molar refractivity (Wildman–Crippen MR) is 88.5 cm³/mol. The molecule has 0 aliphatic carbocycles. The van der Waals surface area contributed by atoms with Crippen molar-refractivity contribution in [2.75, 3.05) is 0 Å². The van der Waals surface area contributed by atoms with Gasteiger partial charge in [-0.15, -0.1) is 10.2 Å². The molecule has 0 aromatic heterocycles. The van der Waals surface area contributed by atoms with E-state index in [4.69, 9.17) is 11.5 Å². The van der Waals surface area contributed by atoms with Crippen LogP contribution in [0.25, 0.3) is 0 Å². The van der Waals surface area contributed by atoms with Crippen LogP contribution < -0.4 is 11.5 Å². The maximum Gasteiger partial charge on any atom is 0.156 e. The molecule has 0 amide bonds. The molecule has 0 saturated heterocycles. The third-order valence-electron chi connectivity index (χ3n) is 3.48. The summed E-state index contributed by atoms with van der Waals surface area (Å²) in [5.74, 6) is -0.167. The summed E-state index contributed by atoms with van der Waals surface area (Å²) >= 11 is 0. The highest BCUT2D eigenvalue weighted by Gasteiger charge is 2.10. The van der Waals surface area contributed by atoms with E-state index in [1.165, 1.54) is 6.07 Å². The fourth-order valence-corrected chi connectivity index (χ4v) is 2.38. The molecule has 5 heteroatoms. The Morgan fingerprint density at radius 3 is 1.68 bits per heavy atom. The lowest BCUT2D eigenvalue weighted by atomic mass is 10.0. The summed E-state index contributed by atoms with van der Waals surface area (Å²) in [6.07, 6.45) is 0. The Bertz CT molecular complexity index is 657. The zero-order valence-electron chi connectivity index (χ0n) is 12.9. The summed E-state index contributed by atoms with van der Waals surface area (Å²) in [6.45, 7) is 5.65. The van der Waals surface area contributed by atoms with Gasteiger partial charge in [-0.2, -0.15) is 0 Å². The van der Waals surface area contributed by atoms with Gasteiger partial charge in [-0.1, -0.05) is 30.3 Å². The monoisotopic (exact) mass is 298 g/mol. The van der Waals surface area contributed by atoms with Gasteiger partial charge in [0, 0.05) is 5.56 Å². The van der Waals surface area contributed by atoms with E-state index in [-0.39, 0.29) is 17.2 Å². The SMILES string of the molecule is Cc1cccc(C)c1/C(N)=N/N=C(\N)c1c(C)cccc1F. The molecule has 0 unspecified atom stereocenters. The quantitative estimate of drug-likeness (QED) is 0.519. The van der Waals surface area contributed by atoms with E-state index in [9.17, 15) is 4.39 Å². The van der Waals surface area contributed by atoms with Crippen molar-refractivity contribution >= 4 is 11.7 Å². The average molecular weight is 298 g/mol. The van der Waals surface area contributed by atoms with Gasteiger partial charge in [0.2, 0.25) is 0 Å². The zero-order valence-corrected chi connectivity index (χ0v) is 12.9. The molecule has 0 heterocycles. The van der Waals surface area contributed by atoms with E-state index in [0.29, 0.717) is 5.56 Å². The number of amidine groups is 2. The number of hydrogen-bond acceptors (Lipinski definition) is 2. The molecular weight excluding hydrogens is 279 g/mol. The van der Waals surface area contributed by atoms with Crippen LogP contribution >= 0.6 is 0 Å². The Hall–Kier alpha value is -2.69. The first kappa shape index (κ1) is 15.7. The van der Waals surface area contributed by atoms with Crippen molar-refractivity contribution < 1.29 is 4.39 Å². The highest BCUT2D eigenvalue weighted by atomic mass is 19.1. The summed E-state index contributed by atoms with van der Waals surface area (Å²) < 4.78 is 13.8. The highest BCUT2D eigenvalue weighted by molar-refractivity contribution is 6.02. The van der Waals surface area contributed by atoms with E-state index in [0.717, 1.165) is 16.7 Å². The lowest BCUT2D eigenvalue weighted by Crippen LogP contribution is -2.19. The minimum Gasteiger partial charge on any atom is -0.382 e. The number of benzene rings is 2. The molecule has 2 aromatic carbocycles. The van der Waals surface area contributed by atoms with Crippen LogP contribution in [0.4, 0.5) is 4.39 Å². The number of aryl methyl sites for hydroxylation is 3. The largest absolute Gasteiger partial charge is 0.382 e. The molecule has 0 aliphatic rings. The van der Waals surface area contributed by atoms with Crippen molar-refractivity contribution in [2.24, 2.45) is 21.7 Å². The number of nitrogens with two attached hydrogens (primary N) is 2. The Morgan fingerprint density at radius 1 is 0.773 bits per heavy atom. The van der Waals surface area contributed by atoms with Crippen LogP contribution in [0.15, 0.2) is 46.6 Å². The Morgan fingerprint density at radius 2 is 1.18 bits per heavy atom. The predicted octanol–water partition coefficient (Wildman–Crippen LogP) is 2.78. The van der Waals surface area contributed by atoms with Crippen LogP contribution in [0.1, 0.15) is 27.8 Å². The van der Waals surface area contributed by atoms with Gasteiger partial charge in [0.05, 0.1) is 5.56 Å². The fourth-order valence-electron chi connectivity index (χ4n) is 2.38. The molecule has 2 aromatic rings. The maximum atomic E-state index is 13.8. The van der Waals surface area contributed by atoms with Gasteiger partial charge < -0.3 is 11.5 Å². The summed E-state index contributed by atoms with van der Waals surface area (Å²) in [6, 6.07) is 10.6. The standard InChI is InChI=1S/C17H19FN4/c1-10-6-4-7-11(2)14(10)16(19)21-22-17(20)15-12(3)8-5-9-13(15)18/h4-9H,1-3H3,(H2,19,21)(H2,20,22). The van der Waals surface area contributed by atoms with Gasteiger partial charge >= 0.3 is 0 Å². The first-order valence-corrected chi connectivity index (χ1v) is 6.90. The van der Waals surface area contributed by atoms with E-state index >= 15 is 0 Å². The minimum atomic E-state index is -0.429. The maximum absolute atomic E-state index is 13.8. The number of hydrogen-bond donors (Lipinski definition) is 2. The fraction of sp³-hybridized carbons (Fsp3) is 0.176. The average Bonchev–Trinajstić information content (AvgIpc) is 2.44. The van der Waals surface area contributed by atoms with Gasteiger partial charge in [-0.25, -0.2) is 4.39 Å². The minimum absolute atomic E-state index is 0.00443. The topological polar surface area (TPSA) is 76.8 Å². The Labute approximate surface area is 129 Å². The van der Waals surface area contributed by atoms with E-state index < -0.39 is 5.82 Å². The normalized spacial score (nSPS) is 12.5. The molecule has 0 bridgehead atoms. The van der Waals surface area contributed by atoms with E-state index in [1.54, 1.807) is 19.1 Å². The summed E-state index contributed by atoms with van der Waals surface area (Å²) in [7, 11) is 0. The van der Waals surface area contributed by atoms with Crippen molar-refractivity contribution in [1.29, 1.82) is 0 Å². The van der Waals surface area contributed by atoms with Crippen LogP contribution in [0.5, 0.6) is 0 Å². The molecular formula is C17H19FN4. The number of rotatable bonds is 3. The van der Waals surface area contributed by atoms with Crippen molar-refractivity contribution in [3.63, 3.8) is 0 Å². The summed E-state index contributed by atoms with van der Waals surface area (Å²) in [5, 5.41) is 7.86. The number of halogens is 1. The van der Waals surface area contributed by atoms with Gasteiger partial charge in [-0.3, -0.25) is 0 Å². The van der Waals surface area contributed by atoms with E-state index in [2.05, 4.69) is 10.2 Å². The second kappa shape index (κ2) is 6.39. The van der Waals surface area contributed by atoms with Crippen molar-refractivity contribution in [2.45, 2.75) is 20.8 Å². The third kappa shape index (κ3) is 3.14. The van der Waals surface area contributed by atoms with Crippen LogP contribution in [0.2, 0.25) is 0 Å². The number of nitrogens with zero attached hydrogens (tertiary/aromatic N) is 2. The first-order chi connectivity index (χ1) is 10.4. The van der Waals surface area contributed by atoms with Crippen LogP contribution in [0, 0.1) is 26.6 Å². The second-order valence-electron chi connectivity index (χ2n) is 5.17. The van der Waals surface area contributed by atoms with Gasteiger partial charge in [-0.05, 0) is 43.5 Å². The first-order valence-electron chi connectivity index (χ1n) is 6.90. The third-order valence-corrected chi connectivity index (χ3v) is 3.48. The summed E-state index contributed by atoms with van der Waals surface area (Å²) in [5.41, 5.74) is 15.6. The molecule has 114 valence electrons. The van der Waals surface area contributed by atoms with E-state index in [1.807, 2.05) is 32.0 Å². The molecule has 2 rings (SSSR count). The van der Waals surface area contributed by atoms with Crippen molar-refractivity contribution in [3.05, 3.63) is 70.0 Å². The molecule has 0 spiro atoms. The molecule has 22 heavy (non-hydrogen) atoms. The zero-order chi connectivity index (χ0) is 16.3. The molecule has 4 nitrogen and oxygen atoms in total.